The first-order valence-corrected chi connectivity index (χ1v) is 13.2. The zero-order valence-electron chi connectivity index (χ0n) is 19.4. The van der Waals surface area contributed by atoms with E-state index in [0.717, 1.165) is 11.0 Å². The summed E-state index contributed by atoms with van der Waals surface area (Å²) < 4.78 is 45.0. The van der Waals surface area contributed by atoms with Crippen LogP contribution in [0.15, 0.2) is 70.5 Å². The molecule has 0 spiro atoms. The van der Waals surface area contributed by atoms with Crippen molar-refractivity contribution in [3.63, 3.8) is 0 Å². The molecule has 0 aliphatic heterocycles. The van der Waals surface area contributed by atoms with Crippen LogP contribution in [-0.4, -0.2) is 62.4 Å². The van der Waals surface area contributed by atoms with Gasteiger partial charge in [-0.25, -0.2) is 13.2 Å². The topological polar surface area (TPSA) is 152 Å². The largest absolute Gasteiger partial charge is 0.497 e. The number of carboxylic acids is 1. The van der Waals surface area contributed by atoms with E-state index in [0.29, 0.717) is 5.75 Å². The first-order chi connectivity index (χ1) is 17.2. The summed E-state index contributed by atoms with van der Waals surface area (Å²) in [4.78, 5) is 12.8. The summed E-state index contributed by atoms with van der Waals surface area (Å²) in [6, 6.07) is 14.9. The lowest BCUT2D eigenvalue weighted by atomic mass is 10.1. The minimum Gasteiger partial charge on any atom is -0.497 e. The third-order valence-electron chi connectivity index (χ3n) is 4.84. The highest BCUT2D eigenvalue weighted by Gasteiger charge is 2.23. The first-order valence-electron chi connectivity index (χ1n) is 10.5. The van der Waals surface area contributed by atoms with Crippen molar-refractivity contribution in [1.29, 1.82) is 0 Å². The van der Waals surface area contributed by atoms with Gasteiger partial charge in [-0.3, -0.25) is 4.72 Å². The number of ether oxygens (including phenoxy) is 3. The molecule has 0 aliphatic carbocycles. The van der Waals surface area contributed by atoms with Gasteiger partial charge in [0, 0.05) is 17.0 Å². The average molecular weight is 536 g/mol. The fourth-order valence-corrected chi connectivity index (χ4v) is 4.47. The lowest BCUT2D eigenvalue weighted by Crippen LogP contribution is -2.22. The Morgan fingerprint density at radius 3 is 2.36 bits per heavy atom. The fraction of sp³-hybridized carbons (Fsp3) is 0.208. The lowest BCUT2D eigenvalue weighted by Gasteiger charge is -2.18. The number of carbonyl (C=O) groups is 1. The Bertz CT molecular complexity index is 1310. The summed E-state index contributed by atoms with van der Waals surface area (Å²) in [5.41, 5.74) is -0.534. The number of thioether (sulfide) groups is 1. The van der Waals surface area contributed by atoms with Crippen molar-refractivity contribution in [3.8, 4) is 23.0 Å². The van der Waals surface area contributed by atoms with E-state index in [1.165, 1.54) is 37.1 Å². The zero-order valence-corrected chi connectivity index (χ0v) is 21.0. The number of rotatable bonds is 12. The number of nitrogens with one attached hydrogen (secondary N) is 1. The van der Waals surface area contributed by atoms with Crippen molar-refractivity contribution in [2.75, 3.05) is 31.3 Å². The number of hydrogen-bond donors (Lipinski definition) is 4. The molecule has 3 rings (SSSR count). The molecule has 192 valence electrons. The second kappa shape index (κ2) is 12.0. The van der Waals surface area contributed by atoms with Crippen molar-refractivity contribution in [3.05, 3.63) is 66.2 Å². The van der Waals surface area contributed by atoms with Crippen molar-refractivity contribution in [2.45, 2.75) is 15.9 Å². The minimum absolute atomic E-state index is 0.0316. The number of anilines is 1. The highest BCUT2D eigenvalue weighted by Crippen LogP contribution is 2.38. The maximum atomic E-state index is 13.1. The Balaban J connectivity index is 2.07. The van der Waals surface area contributed by atoms with E-state index in [1.54, 1.807) is 36.4 Å². The van der Waals surface area contributed by atoms with Gasteiger partial charge in [0.25, 0.3) is 10.0 Å². The molecule has 0 saturated heterocycles. The highest BCUT2D eigenvalue weighted by atomic mass is 32.2. The summed E-state index contributed by atoms with van der Waals surface area (Å²) in [5, 5.41) is 28.4. The minimum atomic E-state index is -4.12. The van der Waals surface area contributed by atoms with Crippen molar-refractivity contribution < 1.29 is 42.7 Å². The van der Waals surface area contributed by atoms with E-state index < -0.39 is 35.3 Å². The molecule has 0 radical (unpaired) electrons. The van der Waals surface area contributed by atoms with Gasteiger partial charge in [0.05, 0.1) is 24.3 Å². The van der Waals surface area contributed by atoms with Crippen LogP contribution in [0.25, 0.3) is 0 Å². The predicted octanol–water partition coefficient (Wildman–Crippen LogP) is 3.44. The van der Waals surface area contributed by atoms with Crippen molar-refractivity contribution in [2.24, 2.45) is 0 Å². The van der Waals surface area contributed by atoms with E-state index >= 15 is 0 Å². The second-order valence-electron chi connectivity index (χ2n) is 7.36. The molecule has 0 fully saturated rings. The van der Waals surface area contributed by atoms with Crippen LogP contribution in [0.3, 0.4) is 0 Å². The van der Waals surface area contributed by atoms with Gasteiger partial charge in [0.1, 0.15) is 35.5 Å². The van der Waals surface area contributed by atoms with E-state index in [9.17, 15) is 23.4 Å². The summed E-state index contributed by atoms with van der Waals surface area (Å²) in [5.74, 6) is -0.899. The standard InChI is InChI=1S/C24H25NO9S2/c1-32-16-4-3-5-17(10-16)34-23-12-22(33-14-15(27)13-26)20(24(28)29)11-21(23)25-36(30,31)19-8-6-18(35-2)7-9-19/h3-12,15,25-27H,13-14H2,1-2H3,(H,28,29). The molecule has 3 aromatic rings. The monoisotopic (exact) mass is 535 g/mol. The number of aliphatic hydroxyl groups is 2. The molecule has 0 aromatic heterocycles. The molecule has 3 aromatic carbocycles. The maximum absolute atomic E-state index is 13.1. The predicted molar refractivity (Wildman–Crippen MR) is 134 cm³/mol. The van der Waals surface area contributed by atoms with Crippen molar-refractivity contribution >= 4 is 33.4 Å². The van der Waals surface area contributed by atoms with Gasteiger partial charge >= 0.3 is 5.97 Å². The number of hydrogen-bond acceptors (Lipinski definition) is 9. The van der Waals surface area contributed by atoms with Gasteiger partial charge in [-0.2, -0.15) is 0 Å². The molecule has 0 saturated carbocycles. The molecule has 0 amide bonds. The molecule has 1 atom stereocenters. The van der Waals surface area contributed by atoms with Crippen LogP contribution < -0.4 is 18.9 Å². The third-order valence-corrected chi connectivity index (χ3v) is 6.96. The Morgan fingerprint density at radius 2 is 1.75 bits per heavy atom. The molecule has 1 unspecified atom stereocenters. The first kappa shape index (κ1) is 27.1. The number of sulfonamides is 1. The highest BCUT2D eigenvalue weighted by molar-refractivity contribution is 7.98. The summed E-state index contributed by atoms with van der Waals surface area (Å²) >= 11 is 1.46. The zero-order chi connectivity index (χ0) is 26.3. The number of methoxy groups -OCH3 is 1. The molecule has 0 bridgehead atoms. The van der Waals surface area contributed by atoms with Gasteiger partial charge < -0.3 is 29.5 Å². The van der Waals surface area contributed by atoms with Gasteiger partial charge in [-0.1, -0.05) is 6.07 Å². The number of aromatic carboxylic acids is 1. The molecule has 12 heteroatoms. The van der Waals surface area contributed by atoms with Crippen LogP contribution in [0.1, 0.15) is 10.4 Å². The molecule has 36 heavy (non-hydrogen) atoms. The number of aliphatic hydroxyl groups excluding tert-OH is 2. The normalized spacial score (nSPS) is 12.0. The molecule has 0 heterocycles. The molecule has 0 aliphatic rings. The quantitative estimate of drug-likeness (QED) is 0.254. The summed E-state index contributed by atoms with van der Waals surface area (Å²) in [6.07, 6.45) is 0.609. The fourth-order valence-electron chi connectivity index (χ4n) is 3.00. The third kappa shape index (κ3) is 6.82. The van der Waals surface area contributed by atoms with Crippen LogP contribution in [0, 0.1) is 0 Å². The van der Waals surface area contributed by atoms with Crippen LogP contribution in [-0.2, 0) is 10.0 Å². The second-order valence-corrected chi connectivity index (χ2v) is 9.92. The van der Waals surface area contributed by atoms with E-state index in [4.69, 9.17) is 19.3 Å². The van der Waals surface area contributed by atoms with Gasteiger partial charge in [-0.15, -0.1) is 11.8 Å². The van der Waals surface area contributed by atoms with Crippen LogP contribution in [0.4, 0.5) is 5.69 Å². The van der Waals surface area contributed by atoms with Gasteiger partial charge in [0.2, 0.25) is 0 Å². The summed E-state index contributed by atoms with van der Waals surface area (Å²) in [7, 11) is -2.65. The summed E-state index contributed by atoms with van der Waals surface area (Å²) in [6.45, 7) is -0.995. The average Bonchev–Trinajstić information content (AvgIpc) is 2.88. The van der Waals surface area contributed by atoms with Gasteiger partial charge in [0.15, 0.2) is 5.75 Å². The van der Waals surface area contributed by atoms with Crippen LogP contribution in [0.5, 0.6) is 23.0 Å². The number of carboxylic acid groups (broad SMARTS) is 1. The van der Waals surface area contributed by atoms with Crippen LogP contribution >= 0.6 is 11.8 Å². The van der Waals surface area contributed by atoms with E-state index in [1.807, 2.05) is 6.26 Å². The Morgan fingerprint density at radius 1 is 1.06 bits per heavy atom. The Hall–Kier alpha value is -3.45. The smallest absolute Gasteiger partial charge is 0.339 e. The van der Waals surface area contributed by atoms with E-state index in [2.05, 4.69) is 4.72 Å². The lowest BCUT2D eigenvalue weighted by molar-refractivity contribution is 0.0519. The molecule has 4 N–H and O–H groups in total. The van der Waals surface area contributed by atoms with Crippen molar-refractivity contribution in [1.82, 2.24) is 0 Å². The van der Waals surface area contributed by atoms with Crippen LogP contribution in [0.2, 0.25) is 0 Å². The molecular weight excluding hydrogens is 510 g/mol. The Labute approximate surface area is 212 Å². The van der Waals surface area contributed by atoms with Gasteiger partial charge in [-0.05, 0) is 48.7 Å². The molecular formula is C24H25NO9S2. The maximum Gasteiger partial charge on any atom is 0.339 e. The SMILES string of the molecule is COc1cccc(Oc2cc(OCC(O)CO)c(C(=O)O)cc2NS(=O)(=O)c2ccc(SC)cc2)c1. The molecule has 10 nitrogen and oxygen atoms in total. The Kier molecular flexibility index (Phi) is 9.04. The van der Waals surface area contributed by atoms with E-state index in [-0.39, 0.29) is 33.4 Å². The number of benzene rings is 3.